The third-order valence-electron chi connectivity index (χ3n) is 2.05. The molecule has 1 heterocycles. The number of nitrogens with zero attached hydrogens (tertiary/aromatic N) is 1. The van der Waals surface area contributed by atoms with Crippen molar-refractivity contribution in [2.45, 2.75) is 25.7 Å². The van der Waals surface area contributed by atoms with Crippen molar-refractivity contribution >= 4 is 6.29 Å². The number of hydrogen-bond donors (Lipinski definition) is 1. The number of hydrogen-bond acceptors (Lipinski definition) is 2. The van der Waals surface area contributed by atoms with Crippen LogP contribution in [0.5, 0.6) is 0 Å². The van der Waals surface area contributed by atoms with E-state index in [0.29, 0.717) is 5.82 Å². The molecule has 57 valence electrons. The predicted octanol–water partition coefficient (Wildman–Crippen LogP) is 0.746. The molecule has 0 bridgehead atoms. The monoisotopic (exact) mass is 149 g/mol. The van der Waals surface area contributed by atoms with E-state index in [2.05, 4.69) is 9.97 Å². The molecule has 1 aliphatic rings. The smallest absolute Gasteiger partial charge is 0.271 e. The Morgan fingerprint density at radius 3 is 2.91 bits per heavy atom. The molecule has 0 saturated carbocycles. The van der Waals surface area contributed by atoms with Gasteiger partial charge in [0.25, 0.3) is 6.29 Å². The molecular formula is C8H9N2O. The summed E-state index contributed by atoms with van der Waals surface area (Å²) in [5.74, 6) is 0.358. The number of aromatic amines is 1. The molecule has 0 aromatic carbocycles. The molecule has 0 spiro atoms. The van der Waals surface area contributed by atoms with Crippen LogP contribution in [0.25, 0.3) is 0 Å². The fraction of sp³-hybridized carbons (Fsp3) is 0.500. The van der Waals surface area contributed by atoms with Crippen LogP contribution >= 0.6 is 0 Å². The van der Waals surface area contributed by atoms with Gasteiger partial charge in [-0.3, -0.25) is 4.79 Å². The highest BCUT2D eigenvalue weighted by Crippen LogP contribution is 2.17. The van der Waals surface area contributed by atoms with Gasteiger partial charge in [0, 0.05) is 5.69 Å². The molecule has 1 aliphatic carbocycles. The molecule has 1 aromatic rings. The first-order chi connectivity index (χ1) is 5.40. The number of nitrogens with one attached hydrogen (secondary N) is 1. The second-order valence-corrected chi connectivity index (χ2v) is 2.82. The molecule has 1 N–H and O–H groups in total. The van der Waals surface area contributed by atoms with E-state index in [0.717, 1.165) is 24.2 Å². The largest absolute Gasteiger partial charge is 0.339 e. The highest BCUT2D eigenvalue weighted by molar-refractivity contribution is 5.69. The first kappa shape index (κ1) is 6.58. The van der Waals surface area contributed by atoms with Crippen molar-refractivity contribution in [3.05, 3.63) is 17.2 Å². The standard InChI is InChI=1S/C8H9N2O/c11-5-8-9-6-3-1-2-4-7(6)10-8/h1-4H2,(H,9,10). The Labute approximate surface area is 64.8 Å². The maximum absolute atomic E-state index is 10.2. The van der Waals surface area contributed by atoms with Gasteiger partial charge in [-0.05, 0) is 25.7 Å². The van der Waals surface area contributed by atoms with Crippen LogP contribution in [0.3, 0.4) is 0 Å². The van der Waals surface area contributed by atoms with Crippen LogP contribution in [0, 0.1) is 0 Å². The SMILES string of the molecule is O=[C]c1nc2c([nH]1)CCCC2. The zero-order chi connectivity index (χ0) is 7.68. The number of aromatic nitrogens is 2. The van der Waals surface area contributed by atoms with Gasteiger partial charge in [-0.15, -0.1) is 0 Å². The van der Waals surface area contributed by atoms with Gasteiger partial charge >= 0.3 is 0 Å². The zero-order valence-corrected chi connectivity index (χ0v) is 6.18. The summed E-state index contributed by atoms with van der Waals surface area (Å²) in [6, 6.07) is 0. The molecule has 11 heavy (non-hydrogen) atoms. The Morgan fingerprint density at radius 1 is 1.36 bits per heavy atom. The lowest BCUT2D eigenvalue weighted by molar-refractivity contribution is 0.560. The first-order valence-electron chi connectivity index (χ1n) is 3.86. The van der Waals surface area contributed by atoms with Gasteiger partial charge in [-0.1, -0.05) is 0 Å². The second kappa shape index (κ2) is 2.49. The fourth-order valence-electron chi connectivity index (χ4n) is 1.50. The van der Waals surface area contributed by atoms with Crippen molar-refractivity contribution in [1.82, 2.24) is 9.97 Å². The summed E-state index contributed by atoms with van der Waals surface area (Å²) in [5.41, 5.74) is 2.20. The third kappa shape index (κ3) is 1.06. The number of carbonyl (C=O) groups excluding carboxylic acids is 1. The average molecular weight is 149 g/mol. The van der Waals surface area contributed by atoms with Crippen LogP contribution in [0.2, 0.25) is 0 Å². The molecule has 1 aromatic heterocycles. The topological polar surface area (TPSA) is 45.8 Å². The molecular weight excluding hydrogens is 140 g/mol. The maximum Gasteiger partial charge on any atom is 0.271 e. The number of rotatable bonds is 1. The summed E-state index contributed by atoms with van der Waals surface area (Å²) in [6.07, 6.45) is 6.20. The van der Waals surface area contributed by atoms with Gasteiger partial charge in [-0.2, -0.15) is 0 Å². The summed E-state index contributed by atoms with van der Waals surface area (Å²) in [6.45, 7) is 0. The Bertz CT molecular complexity index is 254. The van der Waals surface area contributed by atoms with Gasteiger partial charge in [0.05, 0.1) is 5.69 Å². The molecule has 1 radical (unpaired) electrons. The molecule has 3 heteroatoms. The molecule has 0 aliphatic heterocycles. The lowest BCUT2D eigenvalue weighted by Gasteiger charge is -2.07. The average Bonchev–Trinajstić information content (AvgIpc) is 2.46. The minimum atomic E-state index is 0.358. The minimum absolute atomic E-state index is 0.358. The quantitative estimate of drug-likeness (QED) is 0.640. The molecule has 0 unspecified atom stereocenters. The van der Waals surface area contributed by atoms with Crippen molar-refractivity contribution in [2.24, 2.45) is 0 Å². The minimum Gasteiger partial charge on any atom is -0.339 e. The Balaban J connectivity index is 2.39. The molecule has 0 amide bonds. The molecule has 0 fully saturated rings. The van der Waals surface area contributed by atoms with E-state index in [1.165, 1.54) is 12.8 Å². The normalized spacial score (nSPS) is 16.0. The second-order valence-electron chi connectivity index (χ2n) is 2.82. The van der Waals surface area contributed by atoms with E-state index >= 15 is 0 Å². The highest BCUT2D eigenvalue weighted by Gasteiger charge is 2.13. The fourth-order valence-corrected chi connectivity index (χ4v) is 1.50. The van der Waals surface area contributed by atoms with Gasteiger partial charge in [-0.25, -0.2) is 4.98 Å². The van der Waals surface area contributed by atoms with Crippen molar-refractivity contribution in [1.29, 1.82) is 0 Å². The van der Waals surface area contributed by atoms with Crippen molar-refractivity contribution in [3.8, 4) is 0 Å². The first-order valence-corrected chi connectivity index (χ1v) is 3.86. The van der Waals surface area contributed by atoms with Crippen molar-refractivity contribution in [2.75, 3.05) is 0 Å². The molecule has 3 nitrogen and oxygen atoms in total. The lowest BCUT2D eigenvalue weighted by Crippen LogP contribution is -2.00. The lowest BCUT2D eigenvalue weighted by atomic mass is 10.0. The Kier molecular flexibility index (Phi) is 1.49. The van der Waals surface area contributed by atoms with E-state index in [1.807, 2.05) is 0 Å². The van der Waals surface area contributed by atoms with Gasteiger partial charge < -0.3 is 4.98 Å². The summed E-state index contributed by atoms with van der Waals surface area (Å²) < 4.78 is 0. The van der Waals surface area contributed by atoms with Crippen LogP contribution in [-0.4, -0.2) is 16.3 Å². The van der Waals surface area contributed by atoms with E-state index < -0.39 is 0 Å². The van der Waals surface area contributed by atoms with E-state index in [1.54, 1.807) is 6.29 Å². The van der Waals surface area contributed by atoms with Crippen LogP contribution in [0.1, 0.15) is 30.1 Å². The van der Waals surface area contributed by atoms with E-state index in [9.17, 15) is 4.79 Å². The van der Waals surface area contributed by atoms with Crippen molar-refractivity contribution < 1.29 is 4.79 Å². The van der Waals surface area contributed by atoms with Crippen LogP contribution in [-0.2, 0) is 17.6 Å². The summed E-state index contributed by atoms with van der Waals surface area (Å²) in [5, 5.41) is 0. The maximum atomic E-state index is 10.2. The number of fused-ring (bicyclic) bond motifs is 1. The van der Waals surface area contributed by atoms with Crippen LogP contribution in [0.4, 0.5) is 0 Å². The van der Waals surface area contributed by atoms with Gasteiger partial charge in [0.2, 0.25) is 0 Å². The summed E-state index contributed by atoms with van der Waals surface area (Å²) in [4.78, 5) is 17.2. The molecule has 2 rings (SSSR count). The third-order valence-corrected chi connectivity index (χ3v) is 2.05. The molecule has 0 atom stereocenters. The van der Waals surface area contributed by atoms with E-state index in [4.69, 9.17) is 0 Å². The number of H-pyrrole nitrogens is 1. The Hall–Kier alpha value is -1.12. The summed E-state index contributed by atoms with van der Waals surface area (Å²) >= 11 is 0. The van der Waals surface area contributed by atoms with Gasteiger partial charge in [0.15, 0.2) is 5.82 Å². The Morgan fingerprint density at radius 2 is 2.18 bits per heavy atom. The zero-order valence-electron chi connectivity index (χ0n) is 6.18. The highest BCUT2D eigenvalue weighted by atomic mass is 16.1. The molecule has 0 saturated heterocycles. The van der Waals surface area contributed by atoms with Crippen LogP contribution in [0.15, 0.2) is 0 Å². The summed E-state index contributed by atoms with van der Waals surface area (Å²) in [7, 11) is 0. The number of aryl methyl sites for hydroxylation is 2. The van der Waals surface area contributed by atoms with Crippen LogP contribution < -0.4 is 0 Å². The number of imidazole rings is 1. The van der Waals surface area contributed by atoms with Gasteiger partial charge in [0.1, 0.15) is 0 Å². The predicted molar refractivity (Wildman–Crippen MR) is 40.0 cm³/mol. The van der Waals surface area contributed by atoms with E-state index in [-0.39, 0.29) is 0 Å². The van der Waals surface area contributed by atoms with Crippen molar-refractivity contribution in [3.63, 3.8) is 0 Å².